The van der Waals surface area contributed by atoms with Gasteiger partial charge in [-0.1, -0.05) is 0 Å². The molecule has 1 spiro atoms. The standard InChI is InChI=1S/2C5H5NOS.C4H11NO.Zn/c2*7-6-4-2-1-3-5(6)8;1-5(2)3-4-6;/h2*1-4,8H;6H,3-4H2,1-2H3;/q;;;+2/p-2. The van der Waals surface area contributed by atoms with Gasteiger partial charge >= 0.3 is 108 Å². The fourth-order valence-corrected chi connectivity index (χ4v) is 23.1. The predicted molar refractivity (Wildman–Crippen MR) is 83.8 cm³/mol. The molecule has 122 valence electrons. The van der Waals surface area contributed by atoms with Crippen LogP contribution in [-0.4, -0.2) is 37.3 Å². The van der Waals surface area contributed by atoms with E-state index in [1.54, 1.807) is 19.5 Å². The van der Waals surface area contributed by atoms with Crippen LogP contribution in [0.4, 0.5) is 0 Å². The van der Waals surface area contributed by atoms with Gasteiger partial charge in [-0.2, -0.15) is 0 Å². The summed E-state index contributed by atoms with van der Waals surface area (Å²) in [5.41, 5.74) is 0. The van der Waals surface area contributed by atoms with Gasteiger partial charge in [-0.05, 0) is 14.1 Å². The first-order chi connectivity index (χ1) is 11.1. The Morgan fingerprint density at radius 1 is 1.00 bits per heavy atom. The Balaban J connectivity index is 0.000000227. The summed E-state index contributed by atoms with van der Waals surface area (Å²) in [5, 5.41) is 10.5. The third kappa shape index (κ3) is 3.98. The molecule has 6 nitrogen and oxygen atoms in total. The predicted octanol–water partition coefficient (Wildman–Crippen LogP) is 0.385. The van der Waals surface area contributed by atoms with Gasteiger partial charge in [0.1, 0.15) is 0 Å². The Labute approximate surface area is 145 Å². The van der Waals surface area contributed by atoms with Crippen molar-refractivity contribution in [1.29, 1.82) is 0 Å². The second-order valence-corrected chi connectivity index (χ2v) is 24.4. The summed E-state index contributed by atoms with van der Waals surface area (Å²) in [6.07, 6.45) is 3.88. The monoisotopic (exact) mass is 405 g/mol. The van der Waals surface area contributed by atoms with Gasteiger partial charge in [-0.25, -0.2) is 0 Å². The molecule has 0 atom stereocenters. The maximum atomic E-state index is 8.20. The van der Waals surface area contributed by atoms with Crippen LogP contribution in [0.15, 0.2) is 58.8 Å². The van der Waals surface area contributed by atoms with Crippen LogP contribution in [0.25, 0.3) is 0 Å². The Hall–Kier alpha value is -0.857. The Morgan fingerprint density at radius 2 is 1.52 bits per heavy atom. The number of rotatable bonds is 2. The second-order valence-electron chi connectivity index (χ2n) is 5.51. The number of likely N-dealkylation sites (N-methyl/N-ethyl adjacent to an activating group) is 1. The first-order valence-corrected chi connectivity index (χ1v) is 19.2. The molecule has 2 aliphatic heterocycles. The summed E-state index contributed by atoms with van der Waals surface area (Å²) in [5.74, 6) is 0. The molecule has 0 aliphatic carbocycles. The van der Waals surface area contributed by atoms with E-state index in [0.29, 0.717) is 0 Å². The van der Waals surface area contributed by atoms with Crippen LogP contribution in [0.5, 0.6) is 0 Å². The van der Waals surface area contributed by atoms with Crippen molar-refractivity contribution in [3.05, 3.63) is 48.8 Å². The van der Waals surface area contributed by atoms with Crippen LogP contribution in [0.1, 0.15) is 0 Å². The molecule has 0 bridgehead atoms. The number of aliphatic hydroxyl groups excluding tert-OH is 1. The number of aliphatic hydroxyl groups is 1. The SMILES string of the molecule is CN(C)CCO.c1cc[n+]2c(c1)[S][Zn-2]1([O]2)[O][n+]2ccccc2[S]1. The minimum absolute atomic E-state index is 0.257. The van der Waals surface area contributed by atoms with Crippen molar-refractivity contribution >= 4 is 19.5 Å². The van der Waals surface area contributed by atoms with E-state index >= 15 is 0 Å². The van der Waals surface area contributed by atoms with Gasteiger partial charge in [-0.15, -0.1) is 0 Å². The van der Waals surface area contributed by atoms with Crippen LogP contribution >= 0.6 is 19.5 Å². The number of nitrogens with zero attached hydrogens (tertiary/aromatic N) is 3. The Kier molecular flexibility index (Phi) is 5.43. The van der Waals surface area contributed by atoms with E-state index in [2.05, 4.69) is 12.1 Å². The number of aromatic nitrogens is 2. The van der Waals surface area contributed by atoms with Crippen LogP contribution in [0.2, 0.25) is 0 Å². The summed E-state index contributed by atoms with van der Waals surface area (Å²) in [6, 6.07) is 12.1. The number of pyridine rings is 2. The fraction of sp³-hybridized carbons (Fsp3) is 0.286. The summed E-state index contributed by atoms with van der Waals surface area (Å²) >= 11 is -3.23. The van der Waals surface area contributed by atoms with E-state index < -0.39 is 13.1 Å². The zero-order chi connectivity index (χ0) is 16.3. The van der Waals surface area contributed by atoms with Crippen LogP contribution in [0, 0.1) is 0 Å². The molecule has 23 heavy (non-hydrogen) atoms. The molecule has 2 aromatic heterocycles. The first kappa shape index (κ1) is 17.0. The van der Waals surface area contributed by atoms with E-state index in [-0.39, 0.29) is 6.61 Å². The summed E-state index contributed by atoms with van der Waals surface area (Å²) in [6.45, 7) is 1.02. The van der Waals surface area contributed by atoms with Crippen molar-refractivity contribution in [1.82, 2.24) is 4.90 Å². The molecule has 4 heterocycles. The summed E-state index contributed by atoms with van der Waals surface area (Å²) < 4.78 is 15.8. The van der Waals surface area contributed by atoms with E-state index in [0.717, 1.165) is 16.6 Å². The Morgan fingerprint density at radius 3 is 1.87 bits per heavy atom. The Bertz CT molecular complexity index is 583. The number of hydrogen-bond acceptors (Lipinski definition) is 6. The van der Waals surface area contributed by atoms with Crippen molar-refractivity contribution in [3.63, 3.8) is 0 Å². The van der Waals surface area contributed by atoms with Crippen molar-refractivity contribution in [3.8, 4) is 0 Å². The molecular formula is C14H19N3O3S2Zn. The molecule has 0 saturated heterocycles. The zero-order valence-electron chi connectivity index (χ0n) is 13.2. The van der Waals surface area contributed by atoms with Gasteiger partial charge in [-0.3, -0.25) is 0 Å². The molecule has 0 saturated carbocycles. The average Bonchev–Trinajstić information content (AvgIpc) is 3.05. The molecule has 9 heteroatoms. The van der Waals surface area contributed by atoms with Crippen LogP contribution < -0.4 is 16.8 Å². The molecular weight excluding hydrogens is 388 g/mol. The van der Waals surface area contributed by atoms with Crippen molar-refractivity contribution in [2.75, 3.05) is 27.2 Å². The van der Waals surface area contributed by atoms with Crippen molar-refractivity contribution in [2.45, 2.75) is 10.1 Å². The van der Waals surface area contributed by atoms with E-state index in [1.807, 2.05) is 65.1 Å². The van der Waals surface area contributed by atoms with Gasteiger partial charge in [0, 0.05) is 6.54 Å². The molecule has 0 aromatic carbocycles. The summed E-state index contributed by atoms with van der Waals surface area (Å²) in [7, 11) is 7.42. The number of fused-ring (bicyclic) bond motifs is 2. The van der Waals surface area contributed by atoms with Crippen LogP contribution in [0.3, 0.4) is 0 Å². The molecule has 0 amide bonds. The van der Waals surface area contributed by atoms with E-state index in [1.165, 1.54) is 0 Å². The molecule has 4 rings (SSSR count). The first-order valence-electron chi connectivity index (χ1n) is 7.50. The fourth-order valence-electron chi connectivity index (χ4n) is 2.32. The van der Waals surface area contributed by atoms with Gasteiger partial charge in [0.05, 0.1) is 6.61 Å². The molecule has 0 fully saturated rings. The molecule has 0 radical (unpaired) electrons. The summed E-state index contributed by atoms with van der Waals surface area (Å²) in [4.78, 5) is 1.93. The minimum atomic E-state index is -3.23. The quantitative estimate of drug-likeness (QED) is 0.575. The van der Waals surface area contributed by atoms with E-state index in [4.69, 9.17) is 12.4 Å². The van der Waals surface area contributed by atoms with Crippen molar-refractivity contribution in [2.24, 2.45) is 0 Å². The third-order valence-corrected chi connectivity index (χ3v) is 21.8. The average molecular weight is 407 g/mol. The van der Waals surface area contributed by atoms with Gasteiger partial charge < -0.3 is 10.0 Å². The van der Waals surface area contributed by atoms with Gasteiger partial charge in [0.2, 0.25) is 0 Å². The normalized spacial score (nSPS) is 16.2. The molecule has 1 N–H and O–H groups in total. The van der Waals surface area contributed by atoms with E-state index in [9.17, 15) is 0 Å². The van der Waals surface area contributed by atoms with Crippen molar-refractivity contribution < 1.29 is 35.0 Å². The molecule has 0 unspecified atom stereocenters. The topological polar surface area (TPSA) is 49.7 Å². The van der Waals surface area contributed by atoms with Crippen LogP contribution in [-0.2, 0) is 13.1 Å². The molecule has 2 aromatic rings. The van der Waals surface area contributed by atoms with Gasteiger partial charge in [0.25, 0.3) is 0 Å². The third-order valence-electron chi connectivity index (χ3n) is 3.37. The zero-order valence-corrected chi connectivity index (χ0v) is 17.8. The molecule has 2 aliphatic rings. The maximum absolute atomic E-state index is 8.20. The second kappa shape index (κ2) is 7.36. The number of hydrogen-bond donors (Lipinski definition) is 1. The van der Waals surface area contributed by atoms with Gasteiger partial charge in [0.15, 0.2) is 0 Å².